The summed E-state index contributed by atoms with van der Waals surface area (Å²) in [7, 11) is -4.06. The fourth-order valence-corrected chi connectivity index (χ4v) is 5.69. The summed E-state index contributed by atoms with van der Waals surface area (Å²) in [6.45, 7) is 0.803. The third-order valence-corrected chi connectivity index (χ3v) is 7.75. The average molecular weight is 453 g/mol. The number of hydrogen-bond donors (Lipinski definition) is 1. The van der Waals surface area contributed by atoms with Gasteiger partial charge >= 0.3 is 0 Å². The van der Waals surface area contributed by atoms with Crippen molar-refractivity contribution in [3.8, 4) is 11.1 Å². The zero-order valence-corrected chi connectivity index (χ0v) is 18.0. The van der Waals surface area contributed by atoms with E-state index in [1.54, 1.807) is 0 Å². The van der Waals surface area contributed by atoms with Crippen LogP contribution >= 0.6 is 0 Å². The minimum Gasteiger partial charge on any atom is -0.379 e. The Morgan fingerprint density at radius 1 is 0.938 bits per heavy atom. The van der Waals surface area contributed by atoms with E-state index in [4.69, 9.17) is 4.74 Å². The van der Waals surface area contributed by atoms with Gasteiger partial charge in [0.15, 0.2) is 0 Å². The van der Waals surface area contributed by atoms with E-state index in [0.29, 0.717) is 5.69 Å². The topological polar surface area (TPSA) is 75.7 Å². The highest BCUT2D eigenvalue weighted by molar-refractivity contribution is 7.89. The molecular weight excluding hydrogens is 431 g/mol. The second-order valence-electron chi connectivity index (χ2n) is 7.82. The minimum atomic E-state index is -4.06. The Morgan fingerprint density at radius 3 is 2.50 bits per heavy atom. The average Bonchev–Trinajstić information content (AvgIpc) is 3.17. The van der Waals surface area contributed by atoms with Crippen LogP contribution in [0.1, 0.15) is 21.5 Å². The number of hydrogen-bond acceptors (Lipinski definition) is 4. The van der Waals surface area contributed by atoms with Gasteiger partial charge in [-0.3, -0.25) is 4.79 Å². The van der Waals surface area contributed by atoms with Crippen molar-refractivity contribution >= 4 is 21.6 Å². The Morgan fingerprint density at radius 2 is 1.69 bits per heavy atom. The van der Waals surface area contributed by atoms with E-state index in [0.717, 1.165) is 29.7 Å². The Bertz CT molecular complexity index is 1320. The number of fused-ring (bicyclic) bond motifs is 3. The van der Waals surface area contributed by atoms with Gasteiger partial charge in [0.05, 0.1) is 13.2 Å². The number of nitrogens with one attached hydrogen (secondary N) is 1. The van der Waals surface area contributed by atoms with E-state index in [2.05, 4.69) is 17.4 Å². The van der Waals surface area contributed by atoms with Crippen LogP contribution in [-0.2, 0) is 21.2 Å². The molecule has 1 fully saturated rings. The van der Waals surface area contributed by atoms with Crippen LogP contribution in [0.4, 0.5) is 10.1 Å². The fourth-order valence-electron chi connectivity index (χ4n) is 4.19. The molecule has 2 aliphatic rings. The first kappa shape index (κ1) is 20.8. The predicted molar refractivity (Wildman–Crippen MR) is 119 cm³/mol. The molecule has 0 saturated carbocycles. The number of halogens is 1. The lowest BCUT2D eigenvalue weighted by atomic mass is 10.1. The van der Waals surface area contributed by atoms with Crippen molar-refractivity contribution in [1.29, 1.82) is 0 Å². The Labute approximate surface area is 185 Å². The van der Waals surface area contributed by atoms with Crippen LogP contribution < -0.4 is 5.32 Å². The highest BCUT2D eigenvalue weighted by Crippen LogP contribution is 2.37. The van der Waals surface area contributed by atoms with Gasteiger partial charge in [0.2, 0.25) is 10.0 Å². The molecule has 0 aromatic heterocycles. The van der Waals surface area contributed by atoms with Crippen molar-refractivity contribution in [2.45, 2.75) is 11.3 Å². The molecule has 0 radical (unpaired) electrons. The van der Waals surface area contributed by atoms with Gasteiger partial charge in [0, 0.05) is 24.3 Å². The summed E-state index contributed by atoms with van der Waals surface area (Å²) < 4.78 is 46.5. The van der Waals surface area contributed by atoms with Gasteiger partial charge in [-0.2, -0.15) is 4.31 Å². The predicted octanol–water partition coefficient (Wildman–Crippen LogP) is 3.67. The molecule has 1 N–H and O–H groups in total. The van der Waals surface area contributed by atoms with Gasteiger partial charge in [-0.15, -0.1) is 0 Å². The maximum Gasteiger partial charge on any atom is 0.255 e. The highest BCUT2D eigenvalue weighted by Gasteiger charge is 2.30. The molecule has 0 atom stereocenters. The monoisotopic (exact) mass is 452 g/mol. The smallest absolute Gasteiger partial charge is 0.255 e. The Hall–Kier alpha value is -3.07. The van der Waals surface area contributed by atoms with Gasteiger partial charge in [-0.25, -0.2) is 12.8 Å². The number of sulfonamides is 1. The summed E-state index contributed by atoms with van der Waals surface area (Å²) in [4.78, 5) is 12.3. The SMILES string of the molecule is O=C(Nc1ccc2c(c1)Cc1ccccc1-2)c1ccc(F)c(S(=O)(=O)N2CCOCC2)c1. The zero-order valence-electron chi connectivity index (χ0n) is 17.2. The van der Waals surface area contributed by atoms with E-state index in [1.807, 2.05) is 30.3 Å². The van der Waals surface area contributed by atoms with Crippen molar-refractivity contribution in [3.63, 3.8) is 0 Å². The fraction of sp³-hybridized carbons (Fsp3) is 0.208. The molecule has 5 rings (SSSR count). The number of nitrogens with zero attached hydrogens (tertiary/aromatic N) is 1. The second kappa shape index (κ2) is 8.12. The first-order chi connectivity index (χ1) is 15.4. The molecule has 1 aliphatic carbocycles. The molecule has 164 valence electrons. The molecule has 32 heavy (non-hydrogen) atoms. The van der Waals surface area contributed by atoms with Crippen molar-refractivity contribution < 1.29 is 22.3 Å². The lowest BCUT2D eigenvalue weighted by Gasteiger charge is -2.26. The summed E-state index contributed by atoms with van der Waals surface area (Å²) in [6.07, 6.45) is 0.785. The van der Waals surface area contributed by atoms with Crippen LogP contribution in [0, 0.1) is 5.82 Å². The summed E-state index contributed by atoms with van der Waals surface area (Å²) >= 11 is 0. The minimum absolute atomic E-state index is 0.0713. The van der Waals surface area contributed by atoms with Crippen molar-refractivity contribution in [2.24, 2.45) is 0 Å². The number of benzene rings is 3. The van der Waals surface area contributed by atoms with E-state index >= 15 is 0 Å². The van der Waals surface area contributed by atoms with Crippen LogP contribution in [0.25, 0.3) is 11.1 Å². The van der Waals surface area contributed by atoms with E-state index in [1.165, 1.54) is 21.5 Å². The number of carbonyl (C=O) groups excluding carboxylic acids is 1. The van der Waals surface area contributed by atoms with Crippen LogP contribution in [0.5, 0.6) is 0 Å². The number of carbonyl (C=O) groups is 1. The first-order valence-electron chi connectivity index (χ1n) is 10.3. The molecule has 8 heteroatoms. The molecular formula is C24H21FN2O4S. The lowest BCUT2D eigenvalue weighted by molar-refractivity contribution is 0.0729. The van der Waals surface area contributed by atoms with Crippen LogP contribution in [-0.4, -0.2) is 44.9 Å². The summed E-state index contributed by atoms with van der Waals surface area (Å²) in [5.74, 6) is -1.39. The van der Waals surface area contributed by atoms with Crippen LogP contribution in [0.2, 0.25) is 0 Å². The van der Waals surface area contributed by atoms with Gasteiger partial charge < -0.3 is 10.1 Å². The third-order valence-electron chi connectivity index (χ3n) is 5.83. The van der Waals surface area contributed by atoms with Crippen molar-refractivity contribution in [1.82, 2.24) is 4.31 Å². The zero-order chi connectivity index (χ0) is 22.3. The molecule has 6 nitrogen and oxygen atoms in total. The molecule has 1 aliphatic heterocycles. The summed E-state index contributed by atoms with van der Waals surface area (Å²) in [5.41, 5.74) is 5.35. The number of anilines is 1. The largest absolute Gasteiger partial charge is 0.379 e. The third kappa shape index (κ3) is 3.70. The summed E-state index contributed by atoms with van der Waals surface area (Å²) in [5, 5.41) is 2.80. The van der Waals surface area contributed by atoms with E-state index in [9.17, 15) is 17.6 Å². The molecule has 0 bridgehead atoms. The molecule has 0 spiro atoms. The Balaban J connectivity index is 1.39. The van der Waals surface area contributed by atoms with Crippen molar-refractivity contribution in [2.75, 3.05) is 31.6 Å². The van der Waals surface area contributed by atoms with Crippen molar-refractivity contribution in [3.05, 3.63) is 83.2 Å². The maximum absolute atomic E-state index is 14.4. The number of morpholine rings is 1. The first-order valence-corrected chi connectivity index (χ1v) is 11.8. The van der Waals surface area contributed by atoms with Gasteiger partial charge in [0.1, 0.15) is 10.7 Å². The quantitative estimate of drug-likeness (QED) is 0.513. The molecule has 1 amide bonds. The van der Waals surface area contributed by atoms with E-state index < -0.39 is 26.6 Å². The molecule has 0 unspecified atom stereocenters. The van der Waals surface area contributed by atoms with Crippen LogP contribution in [0.15, 0.2) is 65.6 Å². The second-order valence-corrected chi connectivity index (χ2v) is 9.73. The Kier molecular flexibility index (Phi) is 5.28. The normalized spacial score (nSPS) is 15.8. The molecule has 3 aromatic rings. The van der Waals surface area contributed by atoms with Gasteiger partial charge in [-0.1, -0.05) is 30.3 Å². The van der Waals surface area contributed by atoms with Crippen LogP contribution in [0.3, 0.4) is 0 Å². The lowest BCUT2D eigenvalue weighted by Crippen LogP contribution is -2.41. The summed E-state index contributed by atoms with van der Waals surface area (Å²) in [6, 6.07) is 17.3. The molecule has 1 saturated heterocycles. The van der Waals surface area contributed by atoms with Gasteiger partial charge in [0.25, 0.3) is 5.91 Å². The van der Waals surface area contributed by atoms with Gasteiger partial charge in [-0.05, 0) is 59.0 Å². The van der Waals surface area contributed by atoms with E-state index in [-0.39, 0.29) is 31.9 Å². The number of ether oxygens (including phenoxy) is 1. The maximum atomic E-state index is 14.4. The highest BCUT2D eigenvalue weighted by atomic mass is 32.2. The number of amides is 1. The standard InChI is InChI=1S/C24H21FN2O4S/c25-22-8-5-17(15-23(22)32(29,30)27-9-11-31-12-10-27)24(28)26-19-6-7-21-18(14-19)13-16-3-1-2-4-20(16)21/h1-8,14-15H,9-13H2,(H,26,28). The molecule has 1 heterocycles. The number of rotatable bonds is 4. The molecule has 3 aromatic carbocycles.